The average molecular weight is 386 g/mol. The molecule has 4 rings (SSSR count). The Morgan fingerprint density at radius 3 is 2.62 bits per heavy atom. The molecule has 0 amide bonds. The van der Waals surface area contributed by atoms with Crippen LogP contribution in [0, 0.1) is 0 Å². The number of allylic oxidation sites excluding steroid dienone is 5. The molecule has 0 N–H and O–H groups in total. The van der Waals surface area contributed by atoms with Crippen LogP contribution < -0.4 is 0 Å². The maximum Gasteiger partial charge on any atom is 0.115 e. The van der Waals surface area contributed by atoms with E-state index in [0.717, 1.165) is 44.3 Å². The third-order valence-corrected chi connectivity index (χ3v) is 6.05. The molecule has 0 spiro atoms. The van der Waals surface area contributed by atoms with E-state index >= 15 is 0 Å². The minimum absolute atomic E-state index is 0.305. The van der Waals surface area contributed by atoms with E-state index in [9.17, 15) is 0 Å². The Kier molecular flexibility index (Phi) is 6.29. The van der Waals surface area contributed by atoms with Gasteiger partial charge in [0, 0.05) is 18.0 Å². The van der Waals surface area contributed by atoms with Gasteiger partial charge in [-0.05, 0) is 91.0 Å². The lowest BCUT2D eigenvalue weighted by Gasteiger charge is -2.18. The highest BCUT2D eigenvalue weighted by Gasteiger charge is 2.15. The first kappa shape index (κ1) is 19.7. The molecule has 2 nitrogen and oxygen atoms in total. The molecule has 150 valence electrons. The molecule has 0 unspecified atom stereocenters. The van der Waals surface area contributed by atoms with Crippen molar-refractivity contribution in [3.63, 3.8) is 0 Å². The minimum atomic E-state index is 0.305. The quantitative estimate of drug-likeness (QED) is 0.549. The van der Waals surface area contributed by atoms with Gasteiger partial charge in [0.15, 0.2) is 0 Å². The van der Waals surface area contributed by atoms with Gasteiger partial charge in [-0.2, -0.15) is 0 Å². The van der Waals surface area contributed by atoms with Gasteiger partial charge in [-0.3, -0.25) is 4.98 Å². The summed E-state index contributed by atoms with van der Waals surface area (Å²) in [5, 5.41) is 0. The Bertz CT molecular complexity index is 947. The van der Waals surface area contributed by atoms with Crippen molar-refractivity contribution in [3.05, 3.63) is 83.4 Å². The molecule has 2 heteroatoms. The second kappa shape index (κ2) is 9.26. The fourth-order valence-electron chi connectivity index (χ4n) is 4.32. The first-order valence-electron chi connectivity index (χ1n) is 11.1. The zero-order valence-corrected chi connectivity index (χ0v) is 17.7. The Labute approximate surface area is 175 Å². The fraction of sp³-hybridized carbons (Fsp3) is 0.370. The SMILES string of the molecule is CCC(CC)OC1=C/CC/C=C(c2ccc3c(c2)CCCc2ccncc2-3)/C=C\1. The highest BCUT2D eigenvalue weighted by molar-refractivity contribution is 5.79. The zero-order chi connectivity index (χ0) is 20.1. The molecular weight excluding hydrogens is 354 g/mol. The summed E-state index contributed by atoms with van der Waals surface area (Å²) in [6.07, 6.45) is 20.8. The predicted octanol–water partition coefficient (Wildman–Crippen LogP) is 7.06. The summed E-state index contributed by atoms with van der Waals surface area (Å²) in [5.41, 5.74) is 8.11. The summed E-state index contributed by atoms with van der Waals surface area (Å²) in [6, 6.07) is 9.12. The molecule has 1 aromatic carbocycles. The number of hydrogen-bond acceptors (Lipinski definition) is 2. The first-order chi connectivity index (χ1) is 14.3. The molecule has 0 fully saturated rings. The molecule has 0 saturated heterocycles. The first-order valence-corrected chi connectivity index (χ1v) is 11.1. The lowest BCUT2D eigenvalue weighted by molar-refractivity contribution is 0.117. The summed E-state index contributed by atoms with van der Waals surface area (Å²) >= 11 is 0. The number of nitrogens with zero attached hydrogens (tertiary/aromatic N) is 1. The van der Waals surface area contributed by atoms with Gasteiger partial charge >= 0.3 is 0 Å². The number of aromatic nitrogens is 1. The Morgan fingerprint density at radius 1 is 0.931 bits per heavy atom. The highest BCUT2D eigenvalue weighted by atomic mass is 16.5. The van der Waals surface area contributed by atoms with Crippen molar-refractivity contribution < 1.29 is 4.74 Å². The van der Waals surface area contributed by atoms with E-state index < -0.39 is 0 Å². The maximum absolute atomic E-state index is 6.20. The molecule has 0 bridgehead atoms. The van der Waals surface area contributed by atoms with E-state index in [1.807, 2.05) is 12.4 Å². The molecule has 0 aliphatic heterocycles. The van der Waals surface area contributed by atoms with Crippen LogP contribution in [0.15, 0.2) is 66.7 Å². The van der Waals surface area contributed by atoms with Crippen molar-refractivity contribution in [2.75, 3.05) is 0 Å². The van der Waals surface area contributed by atoms with Crippen molar-refractivity contribution >= 4 is 5.57 Å². The monoisotopic (exact) mass is 385 g/mol. The van der Waals surface area contributed by atoms with E-state index in [-0.39, 0.29) is 0 Å². The van der Waals surface area contributed by atoms with Crippen molar-refractivity contribution in [2.24, 2.45) is 0 Å². The third kappa shape index (κ3) is 4.53. The third-order valence-electron chi connectivity index (χ3n) is 6.05. The largest absolute Gasteiger partial charge is 0.491 e. The zero-order valence-electron chi connectivity index (χ0n) is 17.7. The summed E-state index contributed by atoms with van der Waals surface area (Å²) in [5.74, 6) is 1.01. The van der Waals surface area contributed by atoms with Crippen LogP contribution >= 0.6 is 0 Å². The molecule has 1 heterocycles. The number of hydrogen-bond donors (Lipinski definition) is 0. The number of ether oxygens (including phenoxy) is 1. The van der Waals surface area contributed by atoms with Crippen LogP contribution in [0.25, 0.3) is 16.7 Å². The molecule has 2 aromatic rings. The number of pyridine rings is 1. The Morgan fingerprint density at radius 2 is 1.76 bits per heavy atom. The van der Waals surface area contributed by atoms with Gasteiger partial charge in [0.25, 0.3) is 0 Å². The van der Waals surface area contributed by atoms with Crippen molar-refractivity contribution in [1.29, 1.82) is 0 Å². The summed E-state index contributed by atoms with van der Waals surface area (Å²) < 4.78 is 6.20. The van der Waals surface area contributed by atoms with Crippen LogP contribution in [-0.2, 0) is 17.6 Å². The normalized spacial score (nSPS) is 20.8. The number of aryl methyl sites for hydroxylation is 2. The number of rotatable bonds is 5. The summed E-state index contributed by atoms with van der Waals surface area (Å²) in [4.78, 5) is 4.38. The average Bonchev–Trinajstić information content (AvgIpc) is 2.92. The van der Waals surface area contributed by atoms with Gasteiger partial charge in [0.2, 0.25) is 0 Å². The number of fused-ring (bicyclic) bond motifs is 3. The van der Waals surface area contributed by atoms with Crippen LogP contribution in [0.1, 0.15) is 62.6 Å². The molecule has 0 saturated carbocycles. The molecule has 29 heavy (non-hydrogen) atoms. The smallest absolute Gasteiger partial charge is 0.115 e. The van der Waals surface area contributed by atoms with Crippen LogP contribution in [0.5, 0.6) is 0 Å². The molecular formula is C27H31NO. The summed E-state index contributed by atoms with van der Waals surface area (Å²) in [6.45, 7) is 4.38. The van der Waals surface area contributed by atoms with Crippen LogP contribution in [0.4, 0.5) is 0 Å². The second-order valence-corrected chi connectivity index (χ2v) is 7.99. The second-order valence-electron chi connectivity index (χ2n) is 7.99. The van der Waals surface area contributed by atoms with Crippen molar-refractivity contribution in [1.82, 2.24) is 4.98 Å². The minimum Gasteiger partial charge on any atom is -0.491 e. The number of benzene rings is 1. The van der Waals surface area contributed by atoms with Crippen LogP contribution in [-0.4, -0.2) is 11.1 Å². The van der Waals surface area contributed by atoms with E-state index in [2.05, 4.69) is 67.4 Å². The highest BCUT2D eigenvalue weighted by Crippen LogP contribution is 2.34. The topological polar surface area (TPSA) is 22.1 Å². The molecule has 0 atom stereocenters. The van der Waals surface area contributed by atoms with Gasteiger partial charge in [-0.1, -0.05) is 44.2 Å². The van der Waals surface area contributed by atoms with Gasteiger partial charge in [-0.25, -0.2) is 0 Å². The fourth-order valence-corrected chi connectivity index (χ4v) is 4.32. The van der Waals surface area contributed by atoms with Crippen LogP contribution in [0.3, 0.4) is 0 Å². The standard InChI is InChI=1S/C27H31NO/c1-3-24(4-2)29-25-11-6-5-8-20(12-14-25)22-13-15-26-23(18-22)10-7-9-21-16-17-28-19-27(21)26/h8,11-19,24H,3-7,9-10H2,1-2H3/b14-12-,20-8-,25-11+. The van der Waals surface area contributed by atoms with Gasteiger partial charge < -0.3 is 4.74 Å². The molecule has 0 radical (unpaired) electrons. The van der Waals surface area contributed by atoms with Crippen molar-refractivity contribution in [2.45, 2.75) is 64.9 Å². The van der Waals surface area contributed by atoms with E-state index in [0.29, 0.717) is 6.10 Å². The molecule has 2 aliphatic carbocycles. The Balaban J connectivity index is 1.61. The lowest BCUT2D eigenvalue weighted by atomic mass is 9.93. The van der Waals surface area contributed by atoms with Gasteiger partial charge in [0.05, 0.1) is 6.10 Å². The lowest BCUT2D eigenvalue weighted by Crippen LogP contribution is -2.09. The Hall–Kier alpha value is -2.61. The maximum atomic E-state index is 6.20. The predicted molar refractivity (Wildman–Crippen MR) is 122 cm³/mol. The van der Waals surface area contributed by atoms with E-state index in [4.69, 9.17) is 4.74 Å². The van der Waals surface area contributed by atoms with Crippen molar-refractivity contribution in [3.8, 4) is 11.1 Å². The summed E-state index contributed by atoms with van der Waals surface area (Å²) in [7, 11) is 0. The van der Waals surface area contributed by atoms with Gasteiger partial charge in [-0.15, -0.1) is 0 Å². The van der Waals surface area contributed by atoms with E-state index in [1.165, 1.54) is 39.8 Å². The molecule has 1 aromatic heterocycles. The van der Waals surface area contributed by atoms with Gasteiger partial charge in [0.1, 0.15) is 5.76 Å². The van der Waals surface area contributed by atoms with Crippen LogP contribution in [0.2, 0.25) is 0 Å². The van der Waals surface area contributed by atoms with E-state index in [1.54, 1.807) is 0 Å². The molecule has 2 aliphatic rings.